The smallest absolute Gasteiger partial charge is 0.277 e. The van der Waals surface area contributed by atoms with E-state index < -0.39 is 5.91 Å². The summed E-state index contributed by atoms with van der Waals surface area (Å²) in [5.74, 6) is 0.110. The van der Waals surface area contributed by atoms with Gasteiger partial charge < -0.3 is 10.1 Å². The average molecular weight is 389 g/mol. The number of methoxy groups -OCH3 is 1. The number of nitriles is 1. The molecule has 0 saturated heterocycles. The lowest BCUT2D eigenvalue weighted by Crippen LogP contribution is -2.24. The van der Waals surface area contributed by atoms with E-state index in [-0.39, 0.29) is 6.61 Å². The van der Waals surface area contributed by atoms with Gasteiger partial charge in [-0.3, -0.25) is 19.6 Å². The van der Waals surface area contributed by atoms with Crippen LogP contribution in [0.25, 0.3) is 0 Å². The zero-order valence-electron chi connectivity index (χ0n) is 15.8. The van der Waals surface area contributed by atoms with Crippen LogP contribution in [0.4, 0.5) is 5.69 Å². The van der Waals surface area contributed by atoms with E-state index in [1.54, 1.807) is 42.9 Å². The molecule has 0 spiro atoms. The van der Waals surface area contributed by atoms with Gasteiger partial charge in [0.25, 0.3) is 5.91 Å². The van der Waals surface area contributed by atoms with Gasteiger partial charge in [-0.25, -0.2) is 5.48 Å². The number of aromatic nitrogens is 2. The van der Waals surface area contributed by atoms with Crippen molar-refractivity contribution in [1.29, 1.82) is 5.26 Å². The highest BCUT2D eigenvalue weighted by atomic mass is 16.7. The minimum absolute atomic E-state index is 0.0888. The second kappa shape index (κ2) is 9.82. The molecular weight excluding hydrogens is 370 g/mol. The minimum atomic E-state index is -0.405. The molecule has 2 aromatic heterocycles. The highest BCUT2D eigenvalue weighted by Gasteiger charge is 2.12. The standard InChI is InChI=1S/C21H19N5O3/c1-28-20-10-16(11-22)2-3-17(20)14-29-26-21(27)18-6-9-24-13-19(18)25-12-15-4-7-23-8-5-15/h2-10,13,25H,12,14H2,1H3,(H,26,27). The number of carbonyl (C=O) groups is 1. The number of hydrogen-bond acceptors (Lipinski definition) is 7. The van der Waals surface area contributed by atoms with Gasteiger partial charge in [0.2, 0.25) is 0 Å². The second-order valence-electron chi connectivity index (χ2n) is 5.99. The Balaban J connectivity index is 1.61. The van der Waals surface area contributed by atoms with Gasteiger partial charge >= 0.3 is 0 Å². The number of rotatable bonds is 8. The van der Waals surface area contributed by atoms with Gasteiger partial charge in [0.1, 0.15) is 12.4 Å². The number of nitrogens with zero attached hydrogens (tertiary/aromatic N) is 3. The molecule has 3 aromatic rings. The van der Waals surface area contributed by atoms with Crippen LogP contribution < -0.4 is 15.5 Å². The van der Waals surface area contributed by atoms with Gasteiger partial charge in [-0.05, 0) is 35.9 Å². The molecule has 0 fully saturated rings. The summed E-state index contributed by atoms with van der Waals surface area (Å²) in [5, 5.41) is 12.2. The summed E-state index contributed by atoms with van der Waals surface area (Å²) in [6.45, 7) is 0.614. The molecule has 8 nitrogen and oxygen atoms in total. The van der Waals surface area contributed by atoms with Gasteiger partial charge in [-0.1, -0.05) is 6.07 Å². The quantitative estimate of drug-likeness (QED) is 0.570. The Hall–Kier alpha value is -3.96. The van der Waals surface area contributed by atoms with Gasteiger partial charge in [-0.2, -0.15) is 5.26 Å². The van der Waals surface area contributed by atoms with Gasteiger partial charge in [-0.15, -0.1) is 0 Å². The summed E-state index contributed by atoms with van der Waals surface area (Å²) in [7, 11) is 1.51. The summed E-state index contributed by atoms with van der Waals surface area (Å²) >= 11 is 0. The molecular formula is C21H19N5O3. The van der Waals surface area contributed by atoms with E-state index in [1.165, 1.54) is 13.3 Å². The van der Waals surface area contributed by atoms with Crippen molar-refractivity contribution < 1.29 is 14.4 Å². The van der Waals surface area contributed by atoms with E-state index in [0.717, 1.165) is 5.56 Å². The Morgan fingerprint density at radius 2 is 1.93 bits per heavy atom. The summed E-state index contributed by atoms with van der Waals surface area (Å²) in [6, 6.07) is 12.4. The molecule has 0 aliphatic carbocycles. The van der Waals surface area contributed by atoms with Crippen molar-refractivity contribution in [3.05, 3.63) is 83.4 Å². The van der Waals surface area contributed by atoms with Crippen molar-refractivity contribution in [3.8, 4) is 11.8 Å². The third kappa shape index (κ3) is 5.28. The number of anilines is 1. The maximum atomic E-state index is 12.5. The fourth-order valence-electron chi connectivity index (χ4n) is 2.60. The summed E-state index contributed by atoms with van der Waals surface area (Å²) < 4.78 is 5.26. The number of nitrogens with one attached hydrogen (secondary N) is 2. The highest BCUT2D eigenvalue weighted by Crippen LogP contribution is 2.21. The first-order valence-electron chi connectivity index (χ1n) is 8.77. The largest absolute Gasteiger partial charge is 0.496 e. The number of hydrogen-bond donors (Lipinski definition) is 2. The molecule has 2 heterocycles. The minimum Gasteiger partial charge on any atom is -0.496 e. The molecule has 0 atom stereocenters. The SMILES string of the molecule is COc1cc(C#N)ccc1CONC(=O)c1ccncc1NCc1ccncc1. The molecule has 8 heteroatoms. The maximum absolute atomic E-state index is 12.5. The van der Waals surface area contributed by atoms with Crippen LogP contribution in [-0.4, -0.2) is 23.0 Å². The van der Waals surface area contributed by atoms with Crippen LogP contribution >= 0.6 is 0 Å². The van der Waals surface area contributed by atoms with Crippen molar-refractivity contribution in [3.63, 3.8) is 0 Å². The maximum Gasteiger partial charge on any atom is 0.277 e. The molecule has 0 bridgehead atoms. The zero-order valence-corrected chi connectivity index (χ0v) is 15.8. The number of hydroxylamine groups is 1. The van der Waals surface area contributed by atoms with Crippen LogP contribution in [0.3, 0.4) is 0 Å². The Bertz CT molecular complexity index is 1020. The van der Waals surface area contributed by atoms with E-state index in [4.69, 9.17) is 14.8 Å². The first-order valence-corrected chi connectivity index (χ1v) is 8.77. The monoisotopic (exact) mass is 389 g/mol. The van der Waals surface area contributed by atoms with Crippen LogP contribution in [0, 0.1) is 11.3 Å². The van der Waals surface area contributed by atoms with Crippen LogP contribution in [0.2, 0.25) is 0 Å². The first-order chi connectivity index (χ1) is 14.2. The number of carbonyl (C=O) groups excluding carboxylic acids is 1. The van der Waals surface area contributed by atoms with Crippen LogP contribution in [0.1, 0.15) is 27.0 Å². The molecule has 0 aliphatic rings. The molecule has 0 radical (unpaired) electrons. The first kappa shape index (κ1) is 19.8. The van der Waals surface area contributed by atoms with Gasteiger partial charge in [0.05, 0.1) is 36.2 Å². The van der Waals surface area contributed by atoms with E-state index in [9.17, 15) is 4.79 Å². The van der Waals surface area contributed by atoms with Crippen molar-refractivity contribution >= 4 is 11.6 Å². The van der Waals surface area contributed by atoms with Crippen molar-refractivity contribution in [2.75, 3.05) is 12.4 Å². The van der Waals surface area contributed by atoms with Gasteiger partial charge in [0.15, 0.2) is 0 Å². The lowest BCUT2D eigenvalue weighted by atomic mass is 10.1. The Kier molecular flexibility index (Phi) is 6.71. The molecule has 0 aliphatic heterocycles. The topological polar surface area (TPSA) is 109 Å². The normalized spacial score (nSPS) is 10.1. The van der Waals surface area contributed by atoms with Gasteiger partial charge in [0, 0.05) is 30.7 Å². The molecule has 1 amide bonds. The Morgan fingerprint density at radius 1 is 1.14 bits per heavy atom. The summed E-state index contributed by atoms with van der Waals surface area (Å²) in [6.07, 6.45) is 6.54. The number of benzene rings is 1. The molecule has 0 unspecified atom stereocenters. The van der Waals surface area contributed by atoms with Crippen molar-refractivity contribution in [2.24, 2.45) is 0 Å². The van der Waals surface area contributed by atoms with E-state index in [0.29, 0.717) is 34.7 Å². The molecule has 1 aromatic carbocycles. The number of pyridine rings is 2. The fourth-order valence-corrected chi connectivity index (χ4v) is 2.60. The van der Waals surface area contributed by atoms with Crippen LogP contribution in [0.5, 0.6) is 5.75 Å². The summed E-state index contributed by atoms with van der Waals surface area (Å²) in [4.78, 5) is 25.9. The zero-order chi connectivity index (χ0) is 20.5. The fraction of sp³-hybridized carbons (Fsp3) is 0.143. The molecule has 0 saturated carbocycles. The number of amides is 1. The third-order valence-corrected chi connectivity index (χ3v) is 4.11. The average Bonchev–Trinajstić information content (AvgIpc) is 2.78. The third-order valence-electron chi connectivity index (χ3n) is 4.11. The molecule has 146 valence electrons. The van der Waals surface area contributed by atoms with E-state index >= 15 is 0 Å². The van der Waals surface area contributed by atoms with Crippen molar-refractivity contribution in [1.82, 2.24) is 15.4 Å². The predicted octanol–water partition coefficient (Wildman–Crippen LogP) is 2.83. The molecule has 29 heavy (non-hydrogen) atoms. The van der Waals surface area contributed by atoms with Crippen LogP contribution in [0.15, 0.2) is 61.2 Å². The Labute approximate surface area is 168 Å². The Morgan fingerprint density at radius 3 is 2.69 bits per heavy atom. The lowest BCUT2D eigenvalue weighted by molar-refractivity contribution is 0.0227. The predicted molar refractivity (Wildman–Crippen MR) is 106 cm³/mol. The van der Waals surface area contributed by atoms with Crippen molar-refractivity contribution in [2.45, 2.75) is 13.2 Å². The summed E-state index contributed by atoms with van der Waals surface area (Å²) in [5.41, 5.74) is 5.63. The highest BCUT2D eigenvalue weighted by molar-refractivity contribution is 5.98. The number of ether oxygens (including phenoxy) is 1. The van der Waals surface area contributed by atoms with Crippen LogP contribution in [-0.2, 0) is 18.0 Å². The lowest BCUT2D eigenvalue weighted by Gasteiger charge is -2.13. The molecule has 2 N–H and O–H groups in total. The van der Waals surface area contributed by atoms with E-state index in [2.05, 4.69) is 20.8 Å². The second-order valence-corrected chi connectivity index (χ2v) is 5.99. The molecule has 3 rings (SSSR count). The van der Waals surface area contributed by atoms with E-state index in [1.807, 2.05) is 18.2 Å².